The number of rotatable bonds is 7. The van der Waals surface area contributed by atoms with E-state index in [1.54, 1.807) is 9.25 Å². The zero-order chi connectivity index (χ0) is 15.4. The molecule has 0 saturated carbocycles. The number of aromatic nitrogens is 5. The number of hydrogen-bond donors (Lipinski definition) is 1. The van der Waals surface area contributed by atoms with E-state index in [4.69, 9.17) is 10.5 Å². The van der Waals surface area contributed by atoms with Crippen LogP contribution in [0.15, 0.2) is 11.4 Å². The predicted octanol–water partition coefficient (Wildman–Crippen LogP) is 0.675. The van der Waals surface area contributed by atoms with Crippen molar-refractivity contribution in [3.63, 3.8) is 0 Å². The molecule has 0 aliphatic carbocycles. The lowest BCUT2D eigenvalue weighted by molar-refractivity contribution is -0.115. The average molecular weight is 310 g/mol. The Morgan fingerprint density at radius 1 is 1.43 bits per heavy atom. The molecule has 0 fully saturated rings. The van der Waals surface area contributed by atoms with Crippen LogP contribution in [-0.2, 0) is 18.4 Å². The van der Waals surface area contributed by atoms with E-state index >= 15 is 0 Å². The second-order valence-corrected chi connectivity index (χ2v) is 5.20. The van der Waals surface area contributed by atoms with Gasteiger partial charge in [-0.05, 0) is 13.8 Å². The number of aryl methyl sites for hydroxylation is 1. The number of nitrogens with two attached hydrogens (primary N) is 1. The first-order valence-corrected chi connectivity index (χ1v) is 7.56. The van der Waals surface area contributed by atoms with Gasteiger partial charge >= 0.3 is 0 Å². The molecule has 0 aromatic carbocycles. The molecule has 0 unspecified atom stereocenters. The molecule has 2 aromatic rings. The number of thioether (sulfide) groups is 1. The monoisotopic (exact) mass is 310 g/mol. The molecule has 2 N–H and O–H groups in total. The minimum Gasteiger partial charge on any atom is -0.476 e. The molecule has 0 atom stereocenters. The zero-order valence-electron chi connectivity index (χ0n) is 12.2. The molecule has 0 saturated heterocycles. The Kier molecular flexibility index (Phi) is 4.84. The van der Waals surface area contributed by atoms with Gasteiger partial charge in [0.2, 0.25) is 11.8 Å². The van der Waals surface area contributed by atoms with Gasteiger partial charge in [-0.15, -0.1) is 15.3 Å². The van der Waals surface area contributed by atoms with Crippen LogP contribution in [0.1, 0.15) is 13.8 Å². The molecule has 9 heteroatoms. The van der Waals surface area contributed by atoms with Crippen LogP contribution >= 0.6 is 11.8 Å². The van der Waals surface area contributed by atoms with E-state index in [1.807, 2.05) is 27.1 Å². The van der Waals surface area contributed by atoms with Crippen molar-refractivity contribution in [1.82, 2.24) is 24.5 Å². The zero-order valence-corrected chi connectivity index (χ0v) is 13.1. The lowest BCUT2D eigenvalue weighted by Crippen LogP contribution is -2.13. The number of carbonyl (C=O) groups is 1. The average Bonchev–Trinajstić information content (AvgIpc) is 3.00. The van der Waals surface area contributed by atoms with Crippen molar-refractivity contribution >= 4 is 17.7 Å². The van der Waals surface area contributed by atoms with Crippen molar-refractivity contribution < 1.29 is 9.53 Å². The van der Waals surface area contributed by atoms with Crippen LogP contribution in [0.2, 0.25) is 0 Å². The molecular weight excluding hydrogens is 292 g/mol. The summed E-state index contributed by atoms with van der Waals surface area (Å²) in [4.78, 5) is 10.9. The maximum absolute atomic E-state index is 10.9. The van der Waals surface area contributed by atoms with E-state index in [1.165, 1.54) is 11.8 Å². The highest BCUT2D eigenvalue weighted by Crippen LogP contribution is 2.29. The van der Waals surface area contributed by atoms with Gasteiger partial charge in [0.15, 0.2) is 11.0 Å². The standard InChI is InChI=1S/C12H18N6O2S/c1-4-18-6-8(11(16-18)20-5-2)10-14-15-12(17(10)3)21-7-9(13)19/h6H,4-5,7H2,1-3H3,(H2,13,19). The number of ether oxygens (including phenoxy) is 1. The molecule has 114 valence electrons. The largest absolute Gasteiger partial charge is 0.476 e. The second kappa shape index (κ2) is 6.61. The smallest absolute Gasteiger partial charge is 0.243 e. The van der Waals surface area contributed by atoms with E-state index < -0.39 is 5.91 Å². The normalized spacial score (nSPS) is 10.8. The topological polar surface area (TPSA) is 101 Å². The fraction of sp³-hybridized carbons (Fsp3) is 0.500. The summed E-state index contributed by atoms with van der Waals surface area (Å²) in [5, 5.41) is 13.2. The van der Waals surface area contributed by atoms with Gasteiger partial charge in [-0.25, -0.2) is 0 Å². The summed E-state index contributed by atoms with van der Waals surface area (Å²) in [6, 6.07) is 0. The summed E-state index contributed by atoms with van der Waals surface area (Å²) < 4.78 is 9.12. The molecule has 2 heterocycles. The van der Waals surface area contributed by atoms with Crippen LogP contribution in [0.3, 0.4) is 0 Å². The molecule has 0 spiro atoms. The first-order chi connectivity index (χ1) is 10.1. The fourth-order valence-electron chi connectivity index (χ4n) is 1.77. The van der Waals surface area contributed by atoms with Crippen molar-refractivity contribution in [2.45, 2.75) is 25.5 Å². The van der Waals surface area contributed by atoms with Gasteiger partial charge in [0.25, 0.3) is 0 Å². The summed E-state index contributed by atoms with van der Waals surface area (Å²) in [5.41, 5.74) is 5.92. The Balaban J connectivity index is 2.33. The van der Waals surface area contributed by atoms with Gasteiger partial charge in [-0.1, -0.05) is 11.8 Å². The lowest BCUT2D eigenvalue weighted by atomic mass is 10.3. The van der Waals surface area contributed by atoms with Crippen LogP contribution in [0.5, 0.6) is 5.88 Å². The van der Waals surface area contributed by atoms with Gasteiger partial charge in [0.05, 0.1) is 12.4 Å². The van der Waals surface area contributed by atoms with Crippen LogP contribution in [0.25, 0.3) is 11.4 Å². The van der Waals surface area contributed by atoms with E-state index in [0.717, 1.165) is 12.1 Å². The van der Waals surface area contributed by atoms with E-state index in [2.05, 4.69) is 15.3 Å². The minimum absolute atomic E-state index is 0.165. The second-order valence-electron chi connectivity index (χ2n) is 4.26. The van der Waals surface area contributed by atoms with Crippen molar-refractivity contribution in [3.05, 3.63) is 6.20 Å². The van der Waals surface area contributed by atoms with Crippen molar-refractivity contribution in [2.24, 2.45) is 12.8 Å². The molecule has 0 aliphatic heterocycles. The Hall–Kier alpha value is -2.03. The van der Waals surface area contributed by atoms with Crippen molar-refractivity contribution in [3.8, 4) is 17.3 Å². The summed E-state index contributed by atoms with van der Waals surface area (Å²) >= 11 is 1.25. The summed E-state index contributed by atoms with van der Waals surface area (Å²) in [6.07, 6.45) is 1.87. The Morgan fingerprint density at radius 3 is 2.81 bits per heavy atom. The Bertz CT molecular complexity index is 636. The quantitative estimate of drug-likeness (QED) is 0.755. The highest BCUT2D eigenvalue weighted by molar-refractivity contribution is 7.99. The number of hydrogen-bond acceptors (Lipinski definition) is 6. The van der Waals surface area contributed by atoms with E-state index in [9.17, 15) is 4.79 Å². The van der Waals surface area contributed by atoms with Crippen LogP contribution in [-0.4, -0.2) is 42.8 Å². The van der Waals surface area contributed by atoms with E-state index in [0.29, 0.717) is 23.5 Å². The molecule has 2 rings (SSSR count). The number of amides is 1. The Labute approximate surface area is 126 Å². The molecule has 0 radical (unpaired) electrons. The van der Waals surface area contributed by atoms with Gasteiger partial charge in [-0.2, -0.15) is 0 Å². The molecule has 21 heavy (non-hydrogen) atoms. The third kappa shape index (κ3) is 3.35. The first-order valence-electron chi connectivity index (χ1n) is 6.57. The number of nitrogens with zero attached hydrogens (tertiary/aromatic N) is 5. The van der Waals surface area contributed by atoms with Gasteiger partial charge in [0.1, 0.15) is 5.56 Å². The summed E-state index contributed by atoms with van der Waals surface area (Å²) in [7, 11) is 1.83. The molecule has 2 aromatic heterocycles. The summed E-state index contributed by atoms with van der Waals surface area (Å²) in [5.74, 6) is 0.947. The van der Waals surface area contributed by atoms with Crippen molar-refractivity contribution in [2.75, 3.05) is 12.4 Å². The van der Waals surface area contributed by atoms with Gasteiger partial charge < -0.3 is 15.0 Å². The molecule has 0 aliphatic rings. The third-order valence-corrected chi connectivity index (χ3v) is 3.79. The lowest BCUT2D eigenvalue weighted by Gasteiger charge is -2.03. The maximum atomic E-state index is 10.9. The highest BCUT2D eigenvalue weighted by atomic mass is 32.2. The Morgan fingerprint density at radius 2 is 2.19 bits per heavy atom. The number of primary amides is 1. The van der Waals surface area contributed by atoms with E-state index in [-0.39, 0.29) is 5.75 Å². The third-order valence-electron chi connectivity index (χ3n) is 2.75. The molecule has 1 amide bonds. The van der Waals surface area contributed by atoms with Crippen molar-refractivity contribution in [1.29, 1.82) is 0 Å². The van der Waals surface area contributed by atoms with Crippen LogP contribution in [0.4, 0.5) is 0 Å². The first kappa shape index (κ1) is 15.4. The predicted molar refractivity (Wildman–Crippen MR) is 79.0 cm³/mol. The highest BCUT2D eigenvalue weighted by Gasteiger charge is 2.19. The SMILES string of the molecule is CCOc1nn(CC)cc1-c1nnc(SCC(N)=O)n1C. The van der Waals surface area contributed by atoms with Gasteiger partial charge in [-0.3, -0.25) is 9.48 Å². The van der Waals surface area contributed by atoms with Crippen LogP contribution < -0.4 is 10.5 Å². The summed E-state index contributed by atoms with van der Waals surface area (Å²) in [6.45, 7) is 5.16. The molecule has 8 nitrogen and oxygen atoms in total. The maximum Gasteiger partial charge on any atom is 0.243 e. The minimum atomic E-state index is -0.390. The molecular formula is C12H18N6O2S. The number of carbonyl (C=O) groups excluding carboxylic acids is 1. The molecule has 0 bridgehead atoms. The fourth-order valence-corrected chi connectivity index (χ4v) is 2.42. The van der Waals surface area contributed by atoms with Gasteiger partial charge in [0, 0.05) is 19.8 Å². The van der Waals surface area contributed by atoms with Crippen LogP contribution in [0, 0.1) is 0 Å².